The van der Waals surface area contributed by atoms with Crippen molar-refractivity contribution >= 4 is 17.2 Å². The Morgan fingerprint density at radius 1 is 1.22 bits per heavy atom. The lowest BCUT2D eigenvalue weighted by Crippen LogP contribution is -2.65. The molecule has 1 aromatic heterocycles. The van der Waals surface area contributed by atoms with Gasteiger partial charge in [-0.2, -0.15) is 0 Å². The zero-order valence-electron chi connectivity index (χ0n) is 22.5. The van der Waals surface area contributed by atoms with Gasteiger partial charge in [0.15, 0.2) is 0 Å². The monoisotopic (exact) mass is 513 g/mol. The lowest BCUT2D eigenvalue weighted by atomic mass is 9.79. The molecule has 36 heavy (non-hydrogen) atoms. The van der Waals surface area contributed by atoms with Crippen LogP contribution in [0.25, 0.3) is 0 Å². The minimum absolute atomic E-state index is 0.0607. The second kappa shape index (κ2) is 12.1. The molecule has 0 radical (unpaired) electrons. The first-order valence-electron chi connectivity index (χ1n) is 13.5. The number of amides is 1. The molecule has 2 aliphatic heterocycles. The van der Waals surface area contributed by atoms with Gasteiger partial charge in [-0.3, -0.25) is 4.79 Å². The number of morpholine rings is 1. The number of hydrogen-bond donors (Lipinski definition) is 1. The number of ether oxygens (including phenoxy) is 2. The van der Waals surface area contributed by atoms with E-state index in [9.17, 15) is 4.79 Å². The van der Waals surface area contributed by atoms with E-state index < -0.39 is 0 Å². The number of carbonyl (C=O) groups excluding carboxylic acids is 1. The van der Waals surface area contributed by atoms with E-state index in [4.69, 9.17) is 9.47 Å². The third-order valence-corrected chi connectivity index (χ3v) is 8.81. The Kier molecular flexibility index (Phi) is 9.10. The molecule has 4 atom stereocenters. The summed E-state index contributed by atoms with van der Waals surface area (Å²) < 4.78 is 13.0. The summed E-state index contributed by atoms with van der Waals surface area (Å²) in [4.78, 5) is 18.5. The molecule has 0 saturated carbocycles. The molecule has 3 heterocycles. The smallest absolute Gasteiger partial charge is 0.251 e. The molecule has 198 valence electrons. The lowest BCUT2D eigenvalue weighted by molar-refractivity contribution is -0.205. The van der Waals surface area contributed by atoms with Gasteiger partial charge in [0.1, 0.15) is 18.0 Å². The molecule has 0 unspecified atom stereocenters. The molecule has 2 aliphatic rings. The summed E-state index contributed by atoms with van der Waals surface area (Å²) in [6, 6.07) is 13.0. The number of nitrogens with zero attached hydrogens (tertiary/aromatic N) is 2. The Bertz CT molecular complexity index is 982. The first-order chi connectivity index (χ1) is 17.3. The Balaban J connectivity index is 1.38. The number of likely N-dealkylation sites (tertiary alicyclic amines) is 1. The van der Waals surface area contributed by atoms with Gasteiger partial charge in [0.25, 0.3) is 5.91 Å². The van der Waals surface area contributed by atoms with Crippen molar-refractivity contribution in [3.63, 3.8) is 0 Å². The van der Waals surface area contributed by atoms with Crippen LogP contribution in [0.4, 0.5) is 0 Å². The molecule has 1 aromatic carbocycles. The number of benzene rings is 1. The average Bonchev–Trinajstić information content (AvgIpc) is 3.40. The average molecular weight is 514 g/mol. The van der Waals surface area contributed by atoms with Crippen molar-refractivity contribution < 1.29 is 14.3 Å². The Labute approximate surface area is 221 Å². The number of para-hydroxylation sites is 1. The van der Waals surface area contributed by atoms with Gasteiger partial charge in [0.05, 0.1) is 12.1 Å². The molecule has 2 saturated heterocycles. The van der Waals surface area contributed by atoms with Gasteiger partial charge in [-0.15, -0.1) is 11.3 Å². The van der Waals surface area contributed by atoms with Crippen molar-refractivity contribution in [2.75, 3.05) is 39.8 Å². The molecule has 1 N–H and O–H groups in total. The maximum Gasteiger partial charge on any atom is 0.251 e. The van der Waals surface area contributed by atoms with Gasteiger partial charge in [-0.1, -0.05) is 31.2 Å². The number of piperidine rings is 1. The summed E-state index contributed by atoms with van der Waals surface area (Å²) in [6.07, 6.45) is 2.54. The van der Waals surface area contributed by atoms with Crippen LogP contribution >= 0.6 is 11.3 Å². The molecule has 1 amide bonds. The summed E-state index contributed by atoms with van der Waals surface area (Å²) in [7, 11) is 1.99. The normalized spacial score (nSPS) is 26.1. The van der Waals surface area contributed by atoms with Gasteiger partial charge >= 0.3 is 0 Å². The number of carbonyl (C=O) groups is 1. The Morgan fingerprint density at radius 2 is 2.03 bits per heavy atom. The first kappa shape index (κ1) is 27.1. The Hall–Kier alpha value is -1.93. The largest absolute Gasteiger partial charge is 0.485 e. The third-order valence-electron chi connectivity index (χ3n) is 7.84. The second-order valence-corrected chi connectivity index (χ2v) is 11.7. The van der Waals surface area contributed by atoms with E-state index in [2.05, 4.69) is 72.8 Å². The van der Waals surface area contributed by atoms with E-state index in [1.165, 1.54) is 10.4 Å². The topological polar surface area (TPSA) is 54.0 Å². The molecule has 2 aromatic rings. The number of nitrogens with one attached hydrogen (secondary N) is 1. The number of rotatable bonds is 10. The van der Waals surface area contributed by atoms with Crippen molar-refractivity contribution in [3.8, 4) is 5.75 Å². The van der Waals surface area contributed by atoms with Crippen LogP contribution in [0, 0.1) is 5.92 Å². The summed E-state index contributed by atoms with van der Waals surface area (Å²) >= 11 is 1.76. The van der Waals surface area contributed by atoms with Crippen LogP contribution in [0.15, 0.2) is 41.8 Å². The Morgan fingerprint density at radius 3 is 2.72 bits per heavy atom. The maximum absolute atomic E-state index is 12.6. The van der Waals surface area contributed by atoms with Gasteiger partial charge in [0, 0.05) is 37.0 Å². The summed E-state index contributed by atoms with van der Waals surface area (Å²) in [6.45, 7) is 13.0. The molecule has 1 spiro atoms. The van der Waals surface area contributed by atoms with Crippen molar-refractivity contribution in [2.45, 2.75) is 70.8 Å². The highest BCUT2D eigenvalue weighted by atomic mass is 32.1. The second-order valence-electron chi connectivity index (χ2n) is 10.7. The van der Waals surface area contributed by atoms with Crippen LogP contribution in [0.1, 0.15) is 57.1 Å². The quantitative estimate of drug-likeness (QED) is 0.497. The first-order valence-corrected chi connectivity index (χ1v) is 14.3. The standard InChI is InChI=1S/C29H43N3O3S/c1-21(2)32-20-29(35-23(4)28(32)33)14-17-31(19-22(29)3)16-13-24-9-6-7-10-25(24)34-26(12-15-30-5)27-11-8-18-36-27/h6-11,18,21-23,26,30H,12-17,19-20H2,1-5H3/t22-,23-,26-,29-/m1/s1. The lowest BCUT2D eigenvalue weighted by Gasteiger charge is -2.53. The van der Waals surface area contributed by atoms with Crippen LogP contribution in [-0.4, -0.2) is 73.2 Å². The molecule has 4 rings (SSSR count). The van der Waals surface area contributed by atoms with Crippen LogP contribution in [0.5, 0.6) is 5.75 Å². The highest BCUT2D eigenvalue weighted by Crippen LogP contribution is 2.38. The van der Waals surface area contributed by atoms with Crippen LogP contribution in [0.2, 0.25) is 0 Å². The molecule has 0 bridgehead atoms. The van der Waals surface area contributed by atoms with Crippen molar-refractivity contribution in [1.82, 2.24) is 15.1 Å². The number of hydrogen-bond acceptors (Lipinski definition) is 6. The molecular formula is C29H43N3O3S. The van der Waals surface area contributed by atoms with Crippen molar-refractivity contribution in [3.05, 3.63) is 52.2 Å². The van der Waals surface area contributed by atoms with Crippen LogP contribution in [0.3, 0.4) is 0 Å². The molecule has 7 heteroatoms. The number of thiophene rings is 1. The van der Waals surface area contributed by atoms with Gasteiger partial charge < -0.3 is 24.6 Å². The van der Waals surface area contributed by atoms with E-state index in [0.29, 0.717) is 12.5 Å². The highest BCUT2D eigenvalue weighted by molar-refractivity contribution is 7.10. The predicted octanol–water partition coefficient (Wildman–Crippen LogP) is 4.76. The minimum atomic E-state index is -0.363. The van der Waals surface area contributed by atoms with Gasteiger partial charge in [-0.25, -0.2) is 0 Å². The van der Waals surface area contributed by atoms with Crippen LogP contribution in [-0.2, 0) is 16.0 Å². The third kappa shape index (κ3) is 6.13. The van der Waals surface area contributed by atoms with E-state index in [1.807, 2.05) is 18.9 Å². The van der Waals surface area contributed by atoms with Gasteiger partial charge in [0.2, 0.25) is 0 Å². The maximum atomic E-state index is 12.6. The molecular weight excluding hydrogens is 470 g/mol. The van der Waals surface area contributed by atoms with E-state index >= 15 is 0 Å². The fraction of sp³-hybridized carbons (Fsp3) is 0.621. The predicted molar refractivity (Wildman–Crippen MR) is 147 cm³/mol. The van der Waals surface area contributed by atoms with E-state index in [0.717, 1.165) is 51.2 Å². The molecule has 6 nitrogen and oxygen atoms in total. The zero-order chi connectivity index (χ0) is 25.7. The van der Waals surface area contributed by atoms with Crippen molar-refractivity contribution in [2.24, 2.45) is 5.92 Å². The summed E-state index contributed by atoms with van der Waals surface area (Å²) in [5, 5.41) is 5.38. The fourth-order valence-electron chi connectivity index (χ4n) is 5.59. The van der Waals surface area contributed by atoms with Crippen LogP contribution < -0.4 is 10.1 Å². The molecule has 2 fully saturated rings. The van der Waals surface area contributed by atoms with E-state index in [1.54, 1.807) is 11.3 Å². The zero-order valence-corrected chi connectivity index (χ0v) is 23.4. The highest BCUT2D eigenvalue weighted by Gasteiger charge is 2.49. The summed E-state index contributed by atoms with van der Waals surface area (Å²) in [5.41, 5.74) is 1.02. The molecule has 0 aliphatic carbocycles. The van der Waals surface area contributed by atoms with E-state index in [-0.39, 0.29) is 29.8 Å². The van der Waals surface area contributed by atoms with Gasteiger partial charge in [-0.05, 0) is 76.2 Å². The van der Waals surface area contributed by atoms with Crippen molar-refractivity contribution in [1.29, 1.82) is 0 Å². The minimum Gasteiger partial charge on any atom is -0.485 e. The SMILES string of the molecule is CNCC[C@@H](Oc1ccccc1CCN1CC[C@@]2(CN(C(C)C)C(=O)[C@@H](C)O2)[C@H](C)C1)c1cccs1. The fourth-order valence-corrected chi connectivity index (χ4v) is 6.38. The summed E-state index contributed by atoms with van der Waals surface area (Å²) in [5.74, 6) is 1.47.